The Balaban J connectivity index is 1.38. The normalized spacial score (nSPS) is 11.7. The molecule has 0 radical (unpaired) electrons. The summed E-state index contributed by atoms with van der Waals surface area (Å²) in [6.45, 7) is 7.69. The summed E-state index contributed by atoms with van der Waals surface area (Å²) in [7, 11) is -3.81. The van der Waals surface area contributed by atoms with Crippen molar-refractivity contribution >= 4 is 32.6 Å². The summed E-state index contributed by atoms with van der Waals surface area (Å²) in [6, 6.07) is 31.1. The van der Waals surface area contributed by atoms with E-state index >= 15 is 0 Å². The minimum Gasteiger partial charge on any atom is -0.384 e. The van der Waals surface area contributed by atoms with Gasteiger partial charge < -0.3 is 15.2 Å². The van der Waals surface area contributed by atoms with Crippen molar-refractivity contribution in [2.45, 2.75) is 57.4 Å². The molecule has 0 atom stereocenters. The molecule has 0 saturated heterocycles. The van der Waals surface area contributed by atoms with E-state index in [0.29, 0.717) is 22.6 Å². The summed E-state index contributed by atoms with van der Waals surface area (Å²) in [5.41, 5.74) is 11.8. The fraction of sp³-hybridized carbons (Fsp3) is 0.297. The lowest BCUT2D eigenvalue weighted by Gasteiger charge is -2.19. The smallest absolute Gasteiger partial charge is 0.262 e. The van der Waals surface area contributed by atoms with Gasteiger partial charge >= 0.3 is 0 Å². The van der Waals surface area contributed by atoms with Crippen LogP contribution >= 0.6 is 0 Å². The molecule has 0 aliphatic heterocycles. The van der Waals surface area contributed by atoms with Crippen LogP contribution in [0, 0.1) is 5.41 Å². The van der Waals surface area contributed by atoms with Crippen molar-refractivity contribution in [3.63, 3.8) is 0 Å². The Morgan fingerprint density at radius 3 is 2.26 bits per heavy atom. The van der Waals surface area contributed by atoms with Crippen LogP contribution in [0.3, 0.4) is 0 Å². The van der Waals surface area contributed by atoms with Crippen LogP contribution < -0.4 is 10.5 Å². The standard InChI is InChI=1S/C37H44N6O2S/c1-3-42(4-2)26-24-30-14-8-9-15-35(30)46(44,45)41-32-21-22-34-33(27-32)40-36(23-18-29-16-19-31(20-17-29)37(38)39)43(34)25-10-13-28-11-6-5-7-12-28/h5-9,11-12,14-17,19-22,27,41H,3-4,10,13,18,23-26H2,1-2H3,(H3,38,39). The number of nitrogens with zero attached hydrogens (tertiary/aromatic N) is 3. The van der Waals surface area contributed by atoms with Crippen LogP contribution in [0.4, 0.5) is 5.69 Å². The summed E-state index contributed by atoms with van der Waals surface area (Å²) in [5.74, 6) is 1.02. The Morgan fingerprint density at radius 1 is 0.848 bits per heavy atom. The van der Waals surface area contributed by atoms with Gasteiger partial charge in [-0.2, -0.15) is 0 Å². The van der Waals surface area contributed by atoms with Crippen molar-refractivity contribution in [1.29, 1.82) is 5.41 Å². The van der Waals surface area contributed by atoms with Gasteiger partial charge in [-0.1, -0.05) is 86.6 Å². The first-order valence-electron chi connectivity index (χ1n) is 16.1. The van der Waals surface area contributed by atoms with Gasteiger partial charge in [-0.3, -0.25) is 10.1 Å². The van der Waals surface area contributed by atoms with Gasteiger partial charge in [0, 0.05) is 25.1 Å². The quantitative estimate of drug-likeness (QED) is 0.0853. The highest BCUT2D eigenvalue weighted by atomic mass is 32.2. The zero-order valence-corrected chi connectivity index (χ0v) is 27.6. The van der Waals surface area contributed by atoms with Gasteiger partial charge in [0.15, 0.2) is 0 Å². The number of nitrogens with two attached hydrogens (primary N) is 1. The van der Waals surface area contributed by atoms with E-state index in [0.717, 1.165) is 79.8 Å². The SMILES string of the molecule is CCN(CC)CCc1ccccc1S(=O)(=O)Nc1ccc2c(c1)nc(CCc1ccc(C(=N)N)cc1)n2CCCc1ccccc1. The topological polar surface area (TPSA) is 117 Å². The van der Waals surface area contributed by atoms with E-state index in [1.54, 1.807) is 12.1 Å². The van der Waals surface area contributed by atoms with E-state index in [4.69, 9.17) is 16.1 Å². The van der Waals surface area contributed by atoms with E-state index in [9.17, 15) is 8.42 Å². The Labute approximate surface area is 272 Å². The molecule has 8 nitrogen and oxygen atoms in total. The molecule has 5 rings (SSSR count). The number of fused-ring (bicyclic) bond motifs is 1. The summed E-state index contributed by atoms with van der Waals surface area (Å²) in [5, 5.41) is 7.66. The second-order valence-electron chi connectivity index (χ2n) is 11.6. The molecule has 0 saturated carbocycles. The molecule has 0 fully saturated rings. The van der Waals surface area contributed by atoms with Gasteiger partial charge in [-0.05, 0) is 79.7 Å². The molecule has 1 heterocycles. The Kier molecular flexibility index (Phi) is 10.9. The second kappa shape index (κ2) is 15.2. The summed E-state index contributed by atoms with van der Waals surface area (Å²) < 4.78 is 32.4. The molecule has 0 bridgehead atoms. The fourth-order valence-electron chi connectivity index (χ4n) is 5.88. The van der Waals surface area contributed by atoms with Crippen LogP contribution in [0.2, 0.25) is 0 Å². The average molecular weight is 637 g/mol. The number of benzene rings is 4. The predicted molar refractivity (Wildman–Crippen MR) is 188 cm³/mol. The minimum atomic E-state index is -3.81. The van der Waals surface area contributed by atoms with Crippen molar-refractivity contribution in [1.82, 2.24) is 14.5 Å². The lowest BCUT2D eigenvalue weighted by atomic mass is 10.1. The van der Waals surface area contributed by atoms with Gasteiger partial charge in [0.05, 0.1) is 21.6 Å². The first-order chi connectivity index (χ1) is 22.3. The number of hydrogen-bond acceptors (Lipinski definition) is 5. The molecule has 0 unspecified atom stereocenters. The van der Waals surface area contributed by atoms with Crippen LogP contribution in [-0.2, 0) is 42.3 Å². The monoisotopic (exact) mass is 636 g/mol. The molecule has 4 aromatic carbocycles. The number of nitrogen functional groups attached to an aromatic ring is 1. The van der Waals surface area contributed by atoms with Gasteiger partial charge in [-0.15, -0.1) is 0 Å². The molecule has 240 valence electrons. The number of sulfonamides is 1. The van der Waals surface area contributed by atoms with E-state index in [-0.39, 0.29) is 5.84 Å². The summed E-state index contributed by atoms with van der Waals surface area (Å²) in [6.07, 6.45) is 4.07. The fourth-order valence-corrected chi connectivity index (χ4v) is 7.20. The van der Waals surface area contributed by atoms with Crippen LogP contribution in [0.5, 0.6) is 0 Å². The molecule has 0 aliphatic rings. The van der Waals surface area contributed by atoms with Crippen LogP contribution in [0.15, 0.2) is 102 Å². The number of hydrogen-bond donors (Lipinski definition) is 3. The third kappa shape index (κ3) is 8.21. The average Bonchev–Trinajstić information content (AvgIpc) is 3.41. The van der Waals surface area contributed by atoms with E-state index < -0.39 is 10.0 Å². The van der Waals surface area contributed by atoms with Crippen molar-refractivity contribution in [3.8, 4) is 0 Å². The first kappa shape index (κ1) is 32.9. The van der Waals surface area contributed by atoms with Crippen molar-refractivity contribution in [3.05, 3.63) is 125 Å². The molecule has 4 N–H and O–H groups in total. The highest BCUT2D eigenvalue weighted by molar-refractivity contribution is 7.92. The Bertz CT molecular complexity index is 1860. The highest BCUT2D eigenvalue weighted by Crippen LogP contribution is 2.26. The van der Waals surface area contributed by atoms with Gasteiger partial charge in [0.25, 0.3) is 10.0 Å². The molecule has 0 aliphatic carbocycles. The lowest BCUT2D eigenvalue weighted by Crippen LogP contribution is -2.26. The van der Waals surface area contributed by atoms with Crippen LogP contribution in [0.25, 0.3) is 11.0 Å². The minimum absolute atomic E-state index is 0.0568. The first-order valence-corrected chi connectivity index (χ1v) is 17.5. The number of likely N-dealkylation sites (N-methyl/N-ethyl adjacent to an activating group) is 1. The Morgan fingerprint density at radius 2 is 1.54 bits per heavy atom. The van der Waals surface area contributed by atoms with Crippen molar-refractivity contribution in [2.24, 2.45) is 5.73 Å². The van der Waals surface area contributed by atoms with Crippen molar-refractivity contribution in [2.75, 3.05) is 24.4 Å². The summed E-state index contributed by atoms with van der Waals surface area (Å²) >= 11 is 0. The Hall–Kier alpha value is -4.47. The molecule has 0 amide bonds. The highest BCUT2D eigenvalue weighted by Gasteiger charge is 2.20. The number of amidine groups is 1. The maximum atomic E-state index is 13.6. The number of rotatable bonds is 16. The lowest BCUT2D eigenvalue weighted by molar-refractivity contribution is 0.307. The second-order valence-corrected chi connectivity index (χ2v) is 13.2. The molecule has 1 aromatic heterocycles. The molecular formula is C37H44N6O2S. The maximum absolute atomic E-state index is 13.6. The third-order valence-electron chi connectivity index (χ3n) is 8.53. The number of anilines is 1. The van der Waals surface area contributed by atoms with Gasteiger partial charge in [0.2, 0.25) is 0 Å². The third-order valence-corrected chi connectivity index (χ3v) is 10.0. The predicted octanol–water partition coefficient (Wildman–Crippen LogP) is 6.42. The van der Waals surface area contributed by atoms with Gasteiger partial charge in [-0.25, -0.2) is 13.4 Å². The molecule has 46 heavy (non-hydrogen) atoms. The number of aryl methyl sites for hydroxylation is 4. The van der Waals surface area contributed by atoms with Crippen LogP contribution in [-0.4, -0.2) is 48.3 Å². The number of aromatic nitrogens is 2. The van der Waals surface area contributed by atoms with E-state index in [2.05, 4.69) is 52.3 Å². The largest absolute Gasteiger partial charge is 0.384 e. The zero-order chi connectivity index (χ0) is 32.5. The van der Waals surface area contributed by atoms with Crippen molar-refractivity contribution < 1.29 is 8.42 Å². The zero-order valence-electron chi connectivity index (χ0n) is 26.7. The van der Waals surface area contributed by atoms with E-state index in [1.165, 1.54) is 5.56 Å². The van der Waals surface area contributed by atoms with Gasteiger partial charge in [0.1, 0.15) is 11.7 Å². The maximum Gasteiger partial charge on any atom is 0.262 e. The molecular weight excluding hydrogens is 593 g/mol. The molecule has 9 heteroatoms. The molecule has 5 aromatic rings. The number of nitrogens with one attached hydrogen (secondary N) is 2. The van der Waals surface area contributed by atoms with Crippen LogP contribution in [0.1, 0.15) is 48.3 Å². The van der Waals surface area contributed by atoms with E-state index in [1.807, 2.05) is 60.7 Å². The summed E-state index contributed by atoms with van der Waals surface area (Å²) in [4.78, 5) is 7.62. The number of imidazole rings is 1. The molecule has 0 spiro atoms.